The van der Waals surface area contributed by atoms with Gasteiger partial charge in [0.1, 0.15) is 0 Å². The Hall–Kier alpha value is -2.16. The monoisotopic (exact) mass is 256 g/mol. The van der Waals surface area contributed by atoms with Crippen molar-refractivity contribution in [1.29, 1.82) is 0 Å². The first kappa shape index (κ1) is 13.3. The summed E-state index contributed by atoms with van der Waals surface area (Å²) >= 11 is 0. The van der Waals surface area contributed by atoms with Crippen LogP contribution in [0.15, 0.2) is 42.5 Å². The van der Waals surface area contributed by atoms with Crippen LogP contribution in [0.3, 0.4) is 0 Å². The van der Waals surface area contributed by atoms with E-state index < -0.39 is 11.6 Å². The number of carbonyl (C=O) groups excluding carboxylic acids is 2. The molecule has 3 nitrogen and oxygen atoms in total. The van der Waals surface area contributed by atoms with Crippen molar-refractivity contribution >= 4 is 22.5 Å². The van der Waals surface area contributed by atoms with Gasteiger partial charge >= 0.3 is 5.97 Å². The van der Waals surface area contributed by atoms with Crippen LogP contribution in [0.25, 0.3) is 10.8 Å². The van der Waals surface area contributed by atoms with Crippen molar-refractivity contribution in [3.05, 3.63) is 48.0 Å². The molecule has 19 heavy (non-hydrogen) atoms. The molecule has 0 aliphatic carbocycles. The van der Waals surface area contributed by atoms with E-state index in [4.69, 9.17) is 4.74 Å². The molecule has 3 heteroatoms. The minimum atomic E-state index is -1.14. The maximum atomic E-state index is 12.4. The van der Waals surface area contributed by atoms with E-state index in [9.17, 15) is 9.59 Å². The molecule has 0 unspecified atom stereocenters. The molecule has 0 N–H and O–H groups in total. The zero-order valence-corrected chi connectivity index (χ0v) is 11.3. The largest absolute Gasteiger partial charge is 0.451 e. The van der Waals surface area contributed by atoms with Gasteiger partial charge in [0.15, 0.2) is 5.60 Å². The highest BCUT2D eigenvalue weighted by atomic mass is 16.6. The fraction of sp³-hybridized carbons (Fsp3) is 0.250. The van der Waals surface area contributed by atoms with Gasteiger partial charge in [-0.05, 0) is 30.7 Å². The number of carbonyl (C=O) groups is 2. The van der Waals surface area contributed by atoms with Crippen LogP contribution in [0, 0.1) is 0 Å². The number of rotatable bonds is 3. The van der Waals surface area contributed by atoms with E-state index in [2.05, 4.69) is 0 Å². The highest BCUT2D eigenvalue weighted by Crippen LogP contribution is 2.21. The lowest BCUT2D eigenvalue weighted by atomic mass is 9.94. The third-order valence-corrected chi connectivity index (χ3v) is 2.96. The van der Waals surface area contributed by atoms with Gasteiger partial charge in [0.05, 0.1) is 0 Å². The van der Waals surface area contributed by atoms with Crippen LogP contribution in [-0.2, 0) is 9.53 Å². The standard InChI is InChI=1S/C16H16O3/c1-11(17)19-16(2,3)15(18)14-9-8-12-6-4-5-7-13(12)10-14/h4-10H,1-3H3. The Balaban J connectivity index is 2.38. The van der Waals surface area contributed by atoms with Crippen LogP contribution in [0.1, 0.15) is 31.1 Å². The molecule has 0 atom stereocenters. The number of benzene rings is 2. The second-order valence-corrected chi connectivity index (χ2v) is 5.00. The highest BCUT2D eigenvalue weighted by Gasteiger charge is 2.31. The minimum absolute atomic E-state index is 0.201. The molecule has 0 bridgehead atoms. The third-order valence-electron chi connectivity index (χ3n) is 2.96. The van der Waals surface area contributed by atoms with E-state index in [0.717, 1.165) is 10.8 Å². The average molecular weight is 256 g/mol. The normalized spacial score (nSPS) is 11.3. The van der Waals surface area contributed by atoms with Crippen molar-refractivity contribution in [1.82, 2.24) is 0 Å². The third kappa shape index (κ3) is 2.81. The molecular formula is C16H16O3. The molecule has 0 spiro atoms. The number of hydrogen-bond donors (Lipinski definition) is 0. The van der Waals surface area contributed by atoms with Crippen LogP contribution in [0.2, 0.25) is 0 Å². The summed E-state index contributed by atoms with van der Waals surface area (Å²) in [6.07, 6.45) is 0. The van der Waals surface area contributed by atoms with E-state index in [1.165, 1.54) is 6.92 Å². The van der Waals surface area contributed by atoms with Gasteiger partial charge in [-0.1, -0.05) is 36.4 Å². The Morgan fingerprint density at radius 1 is 1.00 bits per heavy atom. The van der Waals surface area contributed by atoms with Gasteiger partial charge < -0.3 is 4.74 Å². The first-order chi connectivity index (χ1) is 8.90. The summed E-state index contributed by atoms with van der Waals surface area (Å²) in [4.78, 5) is 23.4. The van der Waals surface area contributed by atoms with Gasteiger partial charge in [-0.25, -0.2) is 0 Å². The second-order valence-electron chi connectivity index (χ2n) is 5.00. The summed E-state index contributed by atoms with van der Waals surface area (Å²) in [5.74, 6) is -0.660. The van der Waals surface area contributed by atoms with E-state index >= 15 is 0 Å². The highest BCUT2D eigenvalue weighted by molar-refractivity contribution is 6.05. The van der Waals surface area contributed by atoms with Crippen molar-refractivity contribution in [3.63, 3.8) is 0 Å². The Kier molecular flexibility index (Phi) is 3.38. The van der Waals surface area contributed by atoms with E-state index in [1.807, 2.05) is 36.4 Å². The topological polar surface area (TPSA) is 43.4 Å². The number of hydrogen-bond acceptors (Lipinski definition) is 3. The van der Waals surface area contributed by atoms with Crippen LogP contribution >= 0.6 is 0 Å². The van der Waals surface area contributed by atoms with Gasteiger partial charge in [-0.3, -0.25) is 9.59 Å². The van der Waals surface area contributed by atoms with E-state index in [-0.39, 0.29) is 5.78 Å². The smallest absolute Gasteiger partial charge is 0.303 e. The minimum Gasteiger partial charge on any atom is -0.451 e. The molecule has 2 aromatic carbocycles. The molecule has 0 aliphatic rings. The molecule has 2 aromatic rings. The fourth-order valence-corrected chi connectivity index (χ4v) is 2.08. The first-order valence-corrected chi connectivity index (χ1v) is 6.13. The number of ether oxygens (including phenoxy) is 1. The molecule has 2 rings (SSSR count). The zero-order valence-electron chi connectivity index (χ0n) is 11.3. The van der Waals surface area contributed by atoms with Gasteiger partial charge in [0, 0.05) is 12.5 Å². The van der Waals surface area contributed by atoms with Crippen molar-refractivity contribution in [2.24, 2.45) is 0 Å². The Bertz CT molecular complexity index is 641. The van der Waals surface area contributed by atoms with Crippen molar-refractivity contribution in [3.8, 4) is 0 Å². The van der Waals surface area contributed by atoms with Gasteiger partial charge in [0.25, 0.3) is 0 Å². The summed E-state index contributed by atoms with van der Waals surface area (Å²) in [6.45, 7) is 4.51. The van der Waals surface area contributed by atoms with Crippen LogP contribution in [0.5, 0.6) is 0 Å². The van der Waals surface area contributed by atoms with Crippen LogP contribution in [0.4, 0.5) is 0 Å². The van der Waals surface area contributed by atoms with Crippen LogP contribution in [-0.4, -0.2) is 17.4 Å². The average Bonchev–Trinajstić information content (AvgIpc) is 2.35. The summed E-state index contributed by atoms with van der Waals surface area (Å²) in [7, 11) is 0. The molecule has 0 saturated carbocycles. The molecule has 0 aromatic heterocycles. The van der Waals surface area contributed by atoms with Crippen molar-refractivity contribution in [2.45, 2.75) is 26.4 Å². The Morgan fingerprint density at radius 3 is 2.26 bits per heavy atom. The zero-order chi connectivity index (χ0) is 14.0. The van der Waals surface area contributed by atoms with Gasteiger partial charge in [-0.15, -0.1) is 0 Å². The lowest BCUT2D eigenvalue weighted by molar-refractivity contribution is -0.149. The van der Waals surface area contributed by atoms with E-state index in [1.54, 1.807) is 19.9 Å². The van der Waals surface area contributed by atoms with Crippen molar-refractivity contribution in [2.75, 3.05) is 0 Å². The maximum Gasteiger partial charge on any atom is 0.303 e. The van der Waals surface area contributed by atoms with Gasteiger partial charge in [-0.2, -0.15) is 0 Å². The number of fused-ring (bicyclic) bond motifs is 1. The molecule has 0 heterocycles. The summed E-state index contributed by atoms with van der Waals surface area (Å²) in [6, 6.07) is 13.3. The number of ketones is 1. The molecule has 98 valence electrons. The molecule has 0 aliphatic heterocycles. The van der Waals surface area contributed by atoms with Crippen molar-refractivity contribution < 1.29 is 14.3 Å². The molecule has 0 amide bonds. The quantitative estimate of drug-likeness (QED) is 0.624. The SMILES string of the molecule is CC(=O)OC(C)(C)C(=O)c1ccc2ccccc2c1. The predicted molar refractivity (Wildman–Crippen MR) is 74.1 cm³/mol. The summed E-state index contributed by atoms with van der Waals surface area (Å²) in [5, 5.41) is 2.07. The predicted octanol–water partition coefficient (Wildman–Crippen LogP) is 3.36. The molecule has 0 saturated heterocycles. The van der Waals surface area contributed by atoms with Gasteiger partial charge in [0.2, 0.25) is 5.78 Å². The number of Topliss-reactive ketones (excluding diaryl/α,β-unsaturated/α-hetero) is 1. The first-order valence-electron chi connectivity index (χ1n) is 6.13. The Morgan fingerprint density at radius 2 is 1.63 bits per heavy atom. The number of esters is 1. The lowest BCUT2D eigenvalue weighted by Gasteiger charge is -2.22. The summed E-state index contributed by atoms with van der Waals surface area (Å²) < 4.78 is 5.08. The summed E-state index contributed by atoms with van der Waals surface area (Å²) in [5.41, 5.74) is -0.598. The second kappa shape index (κ2) is 4.84. The van der Waals surface area contributed by atoms with E-state index in [0.29, 0.717) is 5.56 Å². The lowest BCUT2D eigenvalue weighted by Crippen LogP contribution is -2.36. The van der Waals surface area contributed by atoms with Crippen LogP contribution < -0.4 is 0 Å². The fourth-order valence-electron chi connectivity index (χ4n) is 2.08. The molecular weight excluding hydrogens is 240 g/mol. The Labute approximate surface area is 112 Å². The molecule has 0 fully saturated rings. The molecule has 0 radical (unpaired) electrons. The maximum absolute atomic E-state index is 12.4.